The van der Waals surface area contributed by atoms with Crippen molar-refractivity contribution in [1.29, 1.82) is 0 Å². The van der Waals surface area contributed by atoms with Gasteiger partial charge in [-0.25, -0.2) is 13.9 Å². The van der Waals surface area contributed by atoms with Crippen molar-refractivity contribution in [2.45, 2.75) is 6.54 Å². The summed E-state index contributed by atoms with van der Waals surface area (Å²) >= 11 is 3.18. The molecule has 0 atom stereocenters. The summed E-state index contributed by atoms with van der Waals surface area (Å²) in [4.78, 5) is 12.1. The van der Waals surface area contributed by atoms with E-state index >= 15 is 0 Å². The number of rotatable bonds is 2. The number of hydrogen-bond acceptors (Lipinski definition) is 2. The Bertz CT molecular complexity index is 809. The fourth-order valence-corrected chi connectivity index (χ4v) is 2.29. The minimum atomic E-state index is -0.352. The average Bonchev–Trinajstić information content (AvgIpc) is 2.73. The molecule has 0 amide bonds. The molecule has 0 bridgehead atoms. The van der Waals surface area contributed by atoms with Gasteiger partial charge in [-0.15, -0.1) is 5.10 Å². The van der Waals surface area contributed by atoms with Gasteiger partial charge in [0.25, 0.3) is 0 Å². The third kappa shape index (κ3) is 2.08. The second-order valence-electron chi connectivity index (χ2n) is 4.08. The molecule has 0 N–H and O–H groups in total. The largest absolute Gasteiger partial charge is 0.350 e. The molecule has 2 aromatic heterocycles. The van der Waals surface area contributed by atoms with E-state index in [0.717, 1.165) is 0 Å². The SMILES string of the molecule is O=c1n(Cc2cccc(F)c2Br)nc2ccccn12. The zero-order valence-electron chi connectivity index (χ0n) is 9.75. The highest BCUT2D eigenvalue weighted by molar-refractivity contribution is 9.10. The summed E-state index contributed by atoms with van der Waals surface area (Å²) in [6.07, 6.45) is 1.65. The Morgan fingerprint density at radius 2 is 2.05 bits per heavy atom. The van der Waals surface area contributed by atoms with Crippen molar-refractivity contribution in [3.63, 3.8) is 0 Å². The smallest absolute Gasteiger partial charge is 0.250 e. The molecule has 0 saturated heterocycles. The topological polar surface area (TPSA) is 39.3 Å². The molecule has 0 spiro atoms. The molecule has 1 aromatic carbocycles. The highest BCUT2D eigenvalue weighted by atomic mass is 79.9. The number of nitrogens with zero attached hydrogens (tertiary/aromatic N) is 3. The Balaban J connectivity index is 2.09. The van der Waals surface area contributed by atoms with Gasteiger partial charge in [0.05, 0.1) is 11.0 Å². The zero-order valence-corrected chi connectivity index (χ0v) is 11.3. The molecule has 0 aliphatic heterocycles. The van der Waals surface area contributed by atoms with E-state index in [1.54, 1.807) is 30.5 Å². The second kappa shape index (κ2) is 4.62. The number of pyridine rings is 1. The minimum Gasteiger partial charge on any atom is -0.250 e. The summed E-state index contributed by atoms with van der Waals surface area (Å²) in [6, 6.07) is 10.0. The van der Waals surface area contributed by atoms with E-state index in [0.29, 0.717) is 15.7 Å². The van der Waals surface area contributed by atoms with Crippen LogP contribution in [0.3, 0.4) is 0 Å². The van der Waals surface area contributed by atoms with Crippen molar-refractivity contribution in [1.82, 2.24) is 14.2 Å². The summed E-state index contributed by atoms with van der Waals surface area (Å²) < 4.78 is 16.6. The predicted octanol–water partition coefficient (Wildman–Crippen LogP) is 2.45. The van der Waals surface area contributed by atoms with Crippen LogP contribution in [-0.4, -0.2) is 14.2 Å². The maximum Gasteiger partial charge on any atom is 0.350 e. The molecule has 96 valence electrons. The number of halogens is 2. The van der Waals surface area contributed by atoms with Gasteiger partial charge in [-0.3, -0.25) is 4.40 Å². The maximum atomic E-state index is 13.4. The lowest BCUT2D eigenvalue weighted by Gasteiger charge is -2.03. The first-order valence-corrected chi connectivity index (χ1v) is 6.43. The van der Waals surface area contributed by atoms with Crippen LogP contribution in [0, 0.1) is 5.82 Å². The van der Waals surface area contributed by atoms with Crippen LogP contribution in [0.25, 0.3) is 5.65 Å². The molecular weight excluding hydrogens is 313 g/mol. The van der Waals surface area contributed by atoms with Gasteiger partial charge in [0.1, 0.15) is 5.82 Å². The molecule has 4 nitrogen and oxygen atoms in total. The van der Waals surface area contributed by atoms with Gasteiger partial charge < -0.3 is 0 Å². The quantitative estimate of drug-likeness (QED) is 0.727. The third-order valence-electron chi connectivity index (χ3n) is 2.84. The molecule has 0 saturated carbocycles. The molecule has 0 aliphatic rings. The Hall–Kier alpha value is -1.95. The van der Waals surface area contributed by atoms with Crippen LogP contribution in [0.2, 0.25) is 0 Å². The summed E-state index contributed by atoms with van der Waals surface area (Å²) in [5.41, 5.74) is 0.997. The predicted molar refractivity (Wildman–Crippen MR) is 72.7 cm³/mol. The Morgan fingerprint density at radius 3 is 2.84 bits per heavy atom. The maximum absolute atomic E-state index is 13.4. The van der Waals surface area contributed by atoms with Gasteiger partial charge in [0.15, 0.2) is 5.65 Å². The molecule has 3 aromatic rings. The van der Waals surface area contributed by atoms with Crippen LogP contribution in [0.4, 0.5) is 4.39 Å². The average molecular weight is 322 g/mol. The lowest BCUT2D eigenvalue weighted by atomic mass is 10.2. The van der Waals surface area contributed by atoms with Crippen LogP contribution < -0.4 is 5.69 Å². The van der Waals surface area contributed by atoms with Crippen LogP contribution >= 0.6 is 15.9 Å². The third-order valence-corrected chi connectivity index (χ3v) is 3.73. The Labute approximate surface area is 116 Å². The molecule has 6 heteroatoms. The van der Waals surface area contributed by atoms with Gasteiger partial charge in [-0.2, -0.15) is 0 Å². The monoisotopic (exact) mass is 321 g/mol. The normalized spacial score (nSPS) is 11.1. The van der Waals surface area contributed by atoms with E-state index in [9.17, 15) is 9.18 Å². The van der Waals surface area contributed by atoms with Crippen LogP contribution in [0.5, 0.6) is 0 Å². The van der Waals surface area contributed by atoms with E-state index in [1.165, 1.54) is 15.1 Å². The highest BCUT2D eigenvalue weighted by Gasteiger charge is 2.10. The Morgan fingerprint density at radius 1 is 1.21 bits per heavy atom. The van der Waals surface area contributed by atoms with E-state index in [2.05, 4.69) is 21.0 Å². The van der Waals surface area contributed by atoms with Crippen molar-refractivity contribution in [3.05, 3.63) is 68.9 Å². The zero-order chi connectivity index (χ0) is 13.4. The first kappa shape index (κ1) is 12.1. The van der Waals surface area contributed by atoms with E-state index in [1.807, 2.05) is 6.07 Å². The molecule has 3 rings (SSSR count). The molecule has 0 aliphatic carbocycles. The van der Waals surface area contributed by atoms with Crippen molar-refractivity contribution < 1.29 is 4.39 Å². The number of hydrogen-bond donors (Lipinski definition) is 0. The van der Waals surface area contributed by atoms with Gasteiger partial charge in [-0.05, 0) is 39.7 Å². The van der Waals surface area contributed by atoms with Crippen molar-refractivity contribution in [3.8, 4) is 0 Å². The van der Waals surface area contributed by atoms with Gasteiger partial charge in [-0.1, -0.05) is 18.2 Å². The fourth-order valence-electron chi connectivity index (χ4n) is 1.90. The van der Waals surface area contributed by atoms with Gasteiger partial charge >= 0.3 is 5.69 Å². The van der Waals surface area contributed by atoms with Crippen LogP contribution in [0.1, 0.15) is 5.56 Å². The van der Waals surface area contributed by atoms with Gasteiger partial charge in [0, 0.05) is 6.20 Å². The summed E-state index contributed by atoms with van der Waals surface area (Å²) in [7, 11) is 0. The molecule has 2 heterocycles. The number of aromatic nitrogens is 3. The Kier molecular flexibility index (Phi) is 2.94. The standard InChI is InChI=1S/C13H9BrFN3O/c14-12-9(4-3-5-10(12)15)8-18-13(19)17-7-2-1-6-11(17)16-18/h1-7H,8H2. The number of fused-ring (bicyclic) bond motifs is 1. The van der Waals surface area contributed by atoms with Crippen molar-refractivity contribution in [2.24, 2.45) is 0 Å². The summed E-state index contributed by atoms with van der Waals surface area (Å²) in [5.74, 6) is -0.352. The fraction of sp³-hybridized carbons (Fsp3) is 0.0769. The second-order valence-corrected chi connectivity index (χ2v) is 4.88. The van der Waals surface area contributed by atoms with Crippen molar-refractivity contribution >= 4 is 21.6 Å². The molecule has 0 radical (unpaired) electrons. The van der Waals surface area contributed by atoms with E-state index in [4.69, 9.17) is 0 Å². The summed E-state index contributed by atoms with van der Waals surface area (Å²) in [6.45, 7) is 0.221. The van der Waals surface area contributed by atoms with E-state index in [-0.39, 0.29) is 18.1 Å². The van der Waals surface area contributed by atoms with Crippen molar-refractivity contribution in [2.75, 3.05) is 0 Å². The molecule has 0 fully saturated rings. The first-order chi connectivity index (χ1) is 9.16. The first-order valence-electron chi connectivity index (χ1n) is 5.64. The minimum absolute atomic E-state index is 0.221. The highest BCUT2D eigenvalue weighted by Crippen LogP contribution is 2.20. The van der Waals surface area contributed by atoms with E-state index < -0.39 is 0 Å². The number of benzene rings is 1. The van der Waals surface area contributed by atoms with Crippen LogP contribution in [-0.2, 0) is 6.54 Å². The lowest BCUT2D eigenvalue weighted by molar-refractivity contribution is 0.607. The lowest BCUT2D eigenvalue weighted by Crippen LogP contribution is -2.21. The summed E-state index contributed by atoms with van der Waals surface area (Å²) in [5, 5.41) is 4.20. The molecular formula is C13H9BrFN3O. The molecule has 19 heavy (non-hydrogen) atoms. The van der Waals surface area contributed by atoms with Crippen LogP contribution in [0.15, 0.2) is 51.9 Å². The van der Waals surface area contributed by atoms with Gasteiger partial charge in [0.2, 0.25) is 0 Å². The molecule has 0 unspecified atom stereocenters.